The first-order chi connectivity index (χ1) is 13.2. The van der Waals surface area contributed by atoms with E-state index in [1.54, 1.807) is 0 Å². The zero-order chi connectivity index (χ0) is 18.6. The average molecular weight is 364 g/mol. The molecule has 0 aliphatic carbocycles. The van der Waals surface area contributed by atoms with Gasteiger partial charge in [-0.2, -0.15) is 0 Å². The van der Waals surface area contributed by atoms with Crippen molar-refractivity contribution in [3.63, 3.8) is 0 Å². The number of likely N-dealkylation sites (N-methyl/N-ethyl adjacent to an activating group) is 1. The molecule has 1 aromatic carbocycles. The number of hydrogen-bond acceptors (Lipinski definition) is 4. The van der Waals surface area contributed by atoms with Crippen LogP contribution in [-0.2, 0) is 13.0 Å². The van der Waals surface area contributed by atoms with Crippen LogP contribution in [0.15, 0.2) is 47.6 Å². The van der Waals surface area contributed by atoms with Gasteiger partial charge in [-0.05, 0) is 36.7 Å². The highest BCUT2D eigenvalue weighted by Gasteiger charge is 2.22. The summed E-state index contributed by atoms with van der Waals surface area (Å²) in [5.74, 6) is 1.99. The van der Waals surface area contributed by atoms with Crippen LogP contribution in [0, 0.1) is 0 Å². The van der Waals surface area contributed by atoms with E-state index < -0.39 is 0 Å². The topological polar surface area (TPSA) is 47.0 Å². The molecule has 0 saturated carbocycles. The zero-order valence-corrected chi connectivity index (χ0v) is 16.2. The van der Waals surface area contributed by atoms with E-state index in [1.165, 1.54) is 16.8 Å². The summed E-state index contributed by atoms with van der Waals surface area (Å²) in [5.41, 5.74) is 3.81. The van der Waals surface area contributed by atoms with Crippen LogP contribution in [0.1, 0.15) is 11.1 Å². The van der Waals surface area contributed by atoms with Crippen molar-refractivity contribution in [2.75, 3.05) is 56.6 Å². The third-order valence-electron chi connectivity index (χ3n) is 5.44. The summed E-state index contributed by atoms with van der Waals surface area (Å²) >= 11 is 0. The Hall–Kier alpha value is -2.60. The standard InChI is InChI=1S/C21H28N6/c1-22-21(27-10-9-18-5-3-4-6-19(18)27)24-16-17-7-8-20(23-15-17)26-13-11-25(2)12-14-26/h3-8,15H,9-14,16H2,1-2H3,(H,22,24). The van der Waals surface area contributed by atoms with Crippen LogP contribution in [0.3, 0.4) is 0 Å². The van der Waals surface area contributed by atoms with Gasteiger partial charge in [-0.3, -0.25) is 4.99 Å². The van der Waals surface area contributed by atoms with Gasteiger partial charge in [0, 0.05) is 58.2 Å². The fourth-order valence-corrected chi connectivity index (χ4v) is 3.78. The third kappa shape index (κ3) is 3.90. The van der Waals surface area contributed by atoms with Gasteiger partial charge >= 0.3 is 0 Å². The molecule has 0 amide bonds. The minimum absolute atomic E-state index is 0.724. The van der Waals surface area contributed by atoms with Crippen molar-refractivity contribution in [1.29, 1.82) is 0 Å². The Kier molecular flexibility index (Phi) is 5.25. The number of hydrogen-bond donors (Lipinski definition) is 1. The van der Waals surface area contributed by atoms with E-state index in [4.69, 9.17) is 0 Å². The van der Waals surface area contributed by atoms with Gasteiger partial charge in [-0.15, -0.1) is 0 Å². The van der Waals surface area contributed by atoms with E-state index in [-0.39, 0.29) is 0 Å². The lowest BCUT2D eigenvalue weighted by Gasteiger charge is -2.33. The zero-order valence-electron chi connectivity index (χ0n) is 16.2. The normalized spacial score (nSPS) is 17.9. The minimum Gasteiger partial charge on any atom is -0.354 e. The number of aliphatic imine (C=N–C) groups is 1. The number of benzene rings is 1. The number of guanidine groups is 1. The molecule has 0 unspecified atom stereocenters. The van der Waals surface area contributed by atoms with Crippen LogP contribution >= 0.6 is 0 Å². The molecule has 0 radical (unpaired) electrons. The minimum atomic E-state index is 0.724. The maximum Gasteiger partial charge on any atom is 0.198 e. The molecular formula is C21H28N6. The maximum absolute atomic E-state index is 4.68. The van der Waals surface area contributed by atoms with Crippen molar-refractivity contribution in [3.05, 3.63) is 53.7 Å². The van der Waals surface area contributed by atoms with Gasteiger partial charge in [-0.25, -0.2) is 4.98 Å². The van der Waals surface area contributed by atoms with Crippen molar-refractivity contribution in [3.8, 4) is 0 Å². The molecule has 142 valence electrons. The van der Waals surface area contributed by atoms with Crippen LogP contribution in [-0.4, -0.2) is 62.7 Å². The smallest absolute Gasteiger partial charge is 0.198 e. The molecule has 1 N–H and O–H groups in total. The summed E-state index contributed by atoms with van der Waals surface area (Å²) in [6.07, 6.45) is 3.05. The number of nitrogens with zero attached hydrogens (tertiary/aromatic N) is 5. The number of fused-ring (bicyclic) bond motifs is 1. The number of para-hydroxylation sites is 1. The SMILES string of the molecule is CN=C(NCc1ccc(N2CCN(C)CC2)nc1)N1CCc2ccccc21. The Balaban J connectivity index is 1.37. The van der Waals surface area contributed by atoms with Gasteiger partial charge in [0.15, 0.2) is 5.96 Å². The highest BCUT2D eigenvalue weighted by Crippen LogP contribution is 2.27. The van der Waals surface area contributed by atoms with Crippen molar-refractivity contribution in [1.82, 2.24) is 15.2 Å². The highest BCUT2D eigenvalue weighted by atomic mass is 15.3. The number of anilines is 2. The van der Waals surface area contributed by atoms with E-state index in [9.17, 15) is 0 Å². The van der Waals surface area contributed by atoms with Gasteiger partial charge in [-0.1, -0.05) is 24.3 Å². The van der Waals surface area contributed by atoms with Crippen LogP contribution in [0.5, 0.6) is 0 Å². The van der Waals surface area contributed by atoms with Gasteiger partial charge in [0.05, 0.1) is 0 Å². The molecule has 2 aliphatic heterocycles. The lowest BCUT2D eigenvalue weighted by Crippen LogP contribution is -2.44. The van der Waals surface area contributed by atoms with E-state index in [1.807, 2.05) is 13.2 Å². The molecule has 2 aromatic rings. The van der Waals surface area contributed by atoms with Crippen molar-refractivity contribution in [2.45, 2.75) is 13.0 Å². The summed E-state index contributed by atoms with van der Waals surface area (Å²) in [7, 11) is 4.02. The molecule has 1 fully saturated rings. The monoisotopic (exact) mass is 364 g/mol. The molecule has 6 heteroatoms. The summed E-state index contributed by atoms with van der Waals surface area (Å²) in [5, 5.41) is 3.49. The predicted octanol–water partition coefficient (Wildman–Crippen LogP) is 1.97. The Labute approximate surface area is 161 Å². The number of piperazine rings is 1. The first-order valence-corrected chi connectivity index (χ1v) is 9.69. The van der Waals surface area contributed by atoms with Crippen molar-refractivity contribution in [2.24, 2.45) is 4.99 Å². The summed E-state index contributed by atoms with van der Waals surface area (Å²) < 4.78 is 0. The molecule has 27 heavy (non-hydrogen) atoms. The second-order valence-corrected chi connectivity index (χ2v) is 7.25. The Morgan fingerprint density at radius 1 is 1.07 bits per heavy atom. The van der Waals surface area contributed by atoms with Crippen molar-refractivity contribution < 1.29 is 0 Å². The number of nitrogens with one attached hydrogen (secondary N) is 1. The Morgan fingerprint density at radius 2 is 1.89 bits per heavy atom. The van der Waals surface area contributed by atoms with E-state index in [0.29, 0.717) is 0 Å². The van der Waals surface area contributed by atoms with Crippen LogP contribution in [0.4, 0.5) is 11.5 Å². The van der Waals surface area contributed by atoms with Gasteiger partial charge in [0.25, 0.3) is 0 Å². The molecule has 1 aromatic heterocycles. The van der Waals surface area contributed by atoms with Crippen LogP contribution < -0.4 is 15.1 Å². The van der Waals surface area contributed by atoms with E-state index in [2.05, 4.69) is 73.4 Å². The van der Waals surface area contributed by atoms with Crippen LogP contribution in [0.25, 0.3) is 0 Å². The molecule has 2 aliphatic rings. The molecule has 0 bridgehead atoms. The van der Waals surface area contributed by atoms with Gasteiger partial charge in [0.2, 0.25) is 0 Å². The van der Waals surface area contributed by atoms with E-state index in [0.717, 1.165) is 57.5 Å². The first kappa shape index (κ1) is 17.8. The quantitative estimate of drug-likeness (QED) is 0.667. The van der Waals surface area contributed by atoms with Gasteiger partial charge < -0.3 is 20.0 Å². The summed E-state index contributed by atoms with van der Waals surface area (Å²) in [4.78, 5) is 16.1. The molecule has 0 spiro atoms. The number of pyridine rings is 1. The van der Waals surface area contributed by atoms with Crippen molar-refractivity contribution >= 4 is 17.5 Å². The summed E-state index contributed by atoms with van der Waals surface area (Å²) in [6.45, 7) is 5.97. The molecule has 1 saturated heterocycles. The Bertz CT molecular complexity index is 793. The highest BCUT2D eigenvalue weighted by molar-refractivity contribution is 5.97. The lowest BCUT2D eigenvalue weighted by molar-refractivity contribution is 0.312. The molecule has 4 rings (SSSR count). The fourth-order valence-electron chi connectivity index (χ4n) is 3.78. The van der Waals surface area contributed by atoms with Crippen LogP contribution in [0.2, 0.25) is 0 Å². The molecule has 3 heterocycles. The Morgan fingerprint density at radius 3 is 2.63 bits per heavy atom. The van der Waals surface area contributed by atoms with Gasteiger partial charge in [0.1, 0.15) is 5.82 Å². The predicted molar refractivity (Wildman–Crippen MR) is 112 cm³/mol. The fraction of sp³-hybridized carbons (Fsp3) is 0.429. The number of rotatable bonds is 3. The first-order valence-electron chi connectivity index (χ1n) is 9.69. The molecular weight excluding hydrogens is 336 g/mol. The molecule has 6 nitrogen and oxygen atoms in total. The largest absolute Gasteiger partial charge is 0.354 e. The van der Waals surface area contributed by atoms with E-state index >= 15 is 0 Å². The average Bonchev–Trinajstić information content (AvgIpc) is 3.14. The second kappa shape index (κ2) is 7.96. The molecule has 0 atom stereocenters. The lowest BCUT2D eigenvalue weighted by atomic mass is 10.2. The maximum atomic E-state index is 4.68. The second-order valence-electron chi connectivity index (χ2n) is 7.25. The number of aromatic nitrogens is 1. The third-order valence-corrected chi connectivity index (χ3v) is 5.44. The summed E-state index contributed by atoms with van der Waals surface area (Å²) in [6, 6.07) is 12.9.